The van der Waals surface area contributed by atoms with Crippen molar-refractivity contribution in [3.63, 3.8) is 0 Å². The molecule has 0 radical (unpaired) electrons. The van der Waals surface area contributed by atoms with Gasteiger partial charge in [0.1, 0.15) is 29.9 Å². The van der Waals surface area contributed by atoms with Crippen LogP contribution in [0.25, 0.3) is 16.8 Å². The van der Waals surface area contributed by atoms with E-state index in [0.717, 1.165) is 28.0 Å². The molecule has 0 bridgehead atoms. The number of alkyl halides is 1. The fraction of sp³-hybridized carbons (Fsp3) is 0.292. The average Bonchev–Trinajstić information content (AvgIpc) is 3.67. The van der Waals surface area contributed by atoms with Crippen molar-refractivity contribution in [3.8, 4) is 29.0 Å². The van der Waals surface area contributed by atoms with E-state index in [1.54, 1.807) is 4.90 Å². The molecule has 11 heteroatoms. The summed E-state index contributed by atoms with van der Waals surface area (Å²) < 4.78 is 31.0. The van der Waals surface area contributed by atoms with Gasteiger partial charge in [-0.2, -0.15) is 10.5 Å². The van der Waals surface area contributed by atoms with Gasteiger partial charge in [-0.25, -0.2) is 18.1 Å². The van der Waals surface area contributed by atoms with E-state index in [0.29, 0.717) is 0 Å². The first-order valence-corrected chi connectivity index (χ1v) is 11.2. The number of pyridine rings is 1. The molecule has 3 heterocycles. The molecule has 1 aromatic carbocycles. The minimum Gasteiger partial charge on any atom is -0.351 e. The van der Waals surface area contributed by atoms with E-state index in [9.17, 15) is 24.5 Å². The highest BCUT2D eigenvalue weighted by molar-refractivity contribution is 6.31. The molecule has 3 aromatic rings. The summed E-state index contributed by atoms with van der Waals surface area (Å²) in [5.41, 5.74) is -2.78. The van der Waals surface area contributed by atoms with E-state index in [2.05, 4.69) is 4.98 Å². The van der Waals surface area contributed by atoms with Gasteiger partial charge in [0.15, 0.2) is 0 Å². The van der Waals surface area contributed by atoms with Crippen LogP contribution in [0.15, 0.2) is 46.2 Å². The molecule has 2 aliphatic rings. The molecule has 2 fully saturated rings. The van der Waals surface area contributed by atoms with E-state index in [4.69, 9.17) is 11.6 Å². The quantitative estimate of drug-likeness (QED) is 0.539. The Bertz CT molecular complexity index is 1560. The minimum absolute atomic E-state index is 0.0215. The van der Waals surface area contributed by atoms with E-state index in [-0.39, 0.29) is 52.2 Å². The number of anilines is 1. The van der Waals surface area contributed by atoms with Gasteiger partial charge >= 0.3 is 5.69 Å². The molecule has 0 atom stereocenters. The lowest BCUT2D eigenvalue weighted by Gasteiger charge is -2.47. The Morgan fingerprint density at radius 1 is 1.17 bits per heavy atom. The standard InChI is InChI=1S/C24H17ClF2N6O2/c25-18-8-15(1-4-19(18)26)20-21(31-12-24(27,13-31)16-2-3-16)32(6-5-28)23(35)33(22(20)34)17-7-14(9-29)10-30-11-17/h1,4,7-8,10-11,16H,2-3,6,12-13H2. The third-order valence-electron chi connectivity index (χ3n) is 6.38. The maximum absolute atomic E-state index is 15.2. The lowest BCUT2D eigenvalue weighted by Crippen LogP contribution is -2.62. The molecule has 1 aliphatic carbocycles. The van der Waals surface area contributed by atoms with Gasteiger partial charge < -0.3 is 4.90 Å². The van der Waals surface area contributed by atoms with Crippen molar-refractivity contribution < 1.29 is 8.78 Å². The molecule has 8 nitrogen and oxygen atoms in total. The smallest absolute Gasteiger partial charge is 0.338 e. The molecule has 5 rings (SSSR count). The van der Waals surface area contributed by atoms with Gasteiger partial charge in [-0.05, 0) is 42.5 Å². The Hall–Kier alpha value is -4.02. The fourth-order valence-corrected chi connectivity index (χ4v) is 4.70. The number of rotatable bonds is 5. The summed E-state index contributed by atoms with van der Waals surface area (Å²) in [6.45, 7) is -0.514. The highest BCUT2D eigenvalue weighted by Gasteiger charge is 2.55. The zero-order chi connectivity index (χ0) is 24.9. The molecule has 2 aromatic heterocycles. The van der Waals surface area contributed by atoms with Gasteiger partial charge in [0.25, 0.3) is 5.56 Å². The third kappa shape index (κ3) is 3.76. The van der Waals surface area contributed by atoms with Crippen molar-refractivity contribution in [1.29, 1.82) is 10.5 Å². The van der Waals surface area contributed by atoms with Gasteiger partial charge in [-0.15, -0.1) is 0 Å². The Labute approximate surface area is 202 Å². The van der Waals surface area contributed by atoms with Gasteiger partial charge in [0.05, 0.1) is 47.2 Å². The zero-order valence-electron chi connectivity index (χ0n) is 18.2. The molecular weight excluding hydrogens is 478 g/mol. The molecular formula is C24H17ClF2N6O2. The SMILES string of the molecule is N#CCn1c(N2CC(F)(C3CC3)C2)c(-c2ccc(F)c(Cl)c2)c(=O)n(-c2cncc(C#N)c2)c1=O. The molecule has 0 unspecified atom stereocenters. The van der Waals surface area contributed by atoms with Crippen molar-refractivity contribution in [1.82, 2.24) is 14.1 Å². The van der Waals surface area contributed by atoms with Gasteiger partial charge in [-0.3, -0.25) is 14.3 Å². The van der Waals surface area contributed by atoms with Crippen LogP contribution < -0.4 is 16.1 Å². The van der Waals surface area contributed by atoms with E-state index < -0.39 is 29.3 Å². The van der Waals surface area contributed by atoms with Crippen LogP contribution in [0.5, 0.6) is 0 Å². The molecule has 1 aliphatic heterocycles. The summed E-state index contributed by atoms with van der Waals surface area (Å²) in [6.07, 6.45) is 4.07. The Balaban J connectivity index is 1.81. The number of benzene rings is 1. The summed E-state index contributed by atoms with van der Waals surface area (Å²) in [4.78, 5) is 32.8. The number of halogens is 3. The van der Waals surface area contributed by atoms with Gasteiger partial charge in [0, 0.05) is 6.20 Å². The number of hydrogen-bond acceptors (Lipinski definition) is 6. The molecule has 176 valence electrons. The van der Waals surface area contributed by atoms with Crippen LogP contribution in [-0.4, -0.2) is 32.9 Å². The molecule has 0 amide bonds. The second-order valence-corrected chi connectivity index (χ2v) is 9.11. The predicted molar refractivity (Wildman–Crippen MR) is 124 cm³/mol. The molecule has 1 saturated heterocycles. The number of nitriles is 2. The van der Waals surface area contributed by atoms with Gasteiger partial charge in [-0.1, -0.05) is 17.7 Å². The fourth-order valence-electron chi connectivity index (χ4n) is 4.52. The minimum atomic E-state index is -1.44. The van der Waals surface area contributed by atoms with Crippen molar-refractivity contribution >= 4 is 17.4 Å². The summed E-state index contributed by atoms with van der Waals surface area (Å²) in [7, 11) is 0. The number of aromatic nitrogens is 3. The first kappa shape index (κ1) is 22.8. The van der Waals surface area contributed by atoms with Crippen LogP contribution in [0.4, 0.5) is 14.6 Å². The van der Waals surface area contributed by atoms with Crippen LogP contribution >= 0.6 is 11.6 Å². The summed E-state index contributed by atoms with van der Waals surface area (Å²) in [5, 5.41) is 18.5. The molecule has 35 heavy (non-hydrogen) atoms. The average molecular weight is 495 g/mol. The first-order chi connectivity index (χ1) is 16.8. The normalized spacial score (nSPS) is 16.3. The second-order valence-electron chi connectivity index (χ2n) is 8.70. The van der Waals surface area contributed by atoms with Crippen molar-refractivity contribution in [2.45, 2.75) is 25.1 Å². The zero-order valence-corrected chi connectivity index (χ0v) is 19.0. The Morgan fingerprint density at radius 3 is 2.54 bits per heavy atom. The Kier molecular flexibility index (Phi) is 5.42. The monoisotopic (exact) mass is 494 g/mol. The van der Waals surface area contributed by atoms with Crippen LogP contribution in [0.2, 0.25) is 5.02 Å². The van der Waals surface area contributed by atoms with Crippen LogP contribution in [-0.2, 0) is 6.54 Å². The highest BCUT2D eigenvalue weighted by Crippen LogP contribution is 2.49. The lowest BCUT2D eigenvalue weighted by molar-refractivity contribution is 0.0918. The maximum Gasteiger partial charge on any atom is 0.338 e. The van der Waals surface area contributed by atoms with Crippen LogP contribution in [0, 0.1) is 34.4 Å². The molecule has 1 saturated carbocycles. The van der Waals surface area contributed by atoms with E-state index in [1.807, 2.05) is 12.1 Å². The number of nitrogens with zero attached hydrogens (tertiary/aromatic N) is 6. The second kappa shape index (κ2) is 8.33. The van der Waals surface area contributed by atoms with Crippen LogP contribution in [0.3, 0.4) is 0 Å². The van der Waals surface area contributed by atoms with Crippen molar-refractivity contribution in [2.75, 3.05) is 18.0 Å². The summed E-state index contributed by atoms with van der Waals surface area (Å²) in [6, 6.07) is 8.80. The van der Waals surface area contributed by atoms with E-state index in [1.165, 1.54) is 30.6 Å². The largest absolute Gasteiger partial charge is 0.351 e. The predicted octanol–water partition coefficient (Wildman–Crippen LogP) is 3.19. The Morgan fingerprint density at radius 2 is 1.91 bits per heavy atom. The number of hydrogen-bond donors (Lipinski definition) is 0. The first-order valence-electron chi connectivity index (χ1n) is 10.8. The third-order valence-corrected chi connectivity index (χ3v) is 6.67. The van der Waals surface area contributed by atoms with Gasteiger partial charge in [0.2, 0.25) is 0 Å². The van der Waals surface area contributed by atoms with Crippen LogP contribution in [0.1, 0.15) is 18.4 Å². The lowest BCUT2D eigenvalue weighted by atomic mass is 9.90. The maximum atomic E-state index is 15.2. The highest BCUT2D eigenvalue weighted by atomic mass is 35.5. The molecule has 0 spiro atoms. The van der Waals surface area contributed by atoms with E-state index >= 15 is 4.39 Å². The van der Waals surface area contributed by atoms with Crippen molar-refractivity contribution in [3.05, 3.63) is 73.9 Å². The topological polar surface area (TPSA) is 108 Å². The van der Waals surface area contributed by atoms with Crippen molar-refractivity contribution in [2.24, 2.45) is 5.92 Å². The molecule has 0 N–H and O–H groups in total. The summed E-state index contributed by atoms with van der Waals surface area (Å²) >= 11 is 6.00. The summed E-state index contributed by atoms with van der Waals surface area (Å²) in [5.74, 6) is -0.702.